The summed E-state index contributed by atoms with van der Waals surface area (Å²) in [6.07, 6.45) is 8.50. The summed E-state index contributed by atoms with van der Waals surface area (Å²) in [6, 6.07) is 0. The van der Waals surface area contributed by atoms with E-state index >= 15 is 0 Å². The lowest BCUT2D eigenvalue weighted by atomic mass is 9.61. The second-order valence-corrected chi connectivity index (χ2v) is 9.74. The lowest BCUT2D eigenvalue weighted by Crippen LogP contribution is -2.48. The van der Waals surface area contributed by atoms with Crippen molar-refractivity contribution < 1.29 is 4.79 Å². The number of ketones is 1. The van der Waals surface area contributed by atoms with Crippen molar-refractivity contribution in [2.75, 3.05) is 0 Å². The minimum atomic E-state index is -0.0716. The highest BCUT2D eigenvalue weighted by Gasteiger charge is 2.59. The first kappa shape index (κ1) is 14.9. The topological polar surface area (TPSA) is 53.8 Å². The van der Waals surface area contributed by atoms with Crippen molar-refractivity contribution in [2.45, 2.75) is 65.5 Å². The molecule has 128 valence electrons. The monoisotopic (exact) mass is 325 g/mol. The fraction of sp³-hybridized carbons (Fsp3) is 0.750. The van der Waals surface area contributed by atoms with Crippen molar-refractivity contribution in [3.8, 4) is 0 Å². The van der Waals surface area contributed by atoms with Gasteiger partial charge >= 0.3 is 0 Å². The molecule has 0 amide bonds. The number of hydrogen-bond acceptors (Lipinski definition) is 4. The first-order valence-electron chi connectivity index (χ1n) is 9.52. The third-order valence-electron chi connectivity index (χ3n) is 7.19. The van der Waals surface area contributed by atoms with E-state index in [0.717, 1.165) is 42.6 Å². The summed E-state index contributed by atoms with van der Waals surface area (Å²) in [5, 5.41) is 12.2. The SMILES string of the molecule is CC1C[C@@H]2CC3(C[C@@H]2C1)C1=CN=NC1NC1=C3C(=O)CC(C)(C)C1. The predicted octanol–water partition coefficient (Wildman–Crippen LogP) is 4.35. The van der Waals surface area contributed by atoms with Crippen LogP contribution in [0.1, 0.15) is 59.3 Å². The zero-order chi connectivity index (χ0) is 16.7. The first-order valence-corrected chi connectivity index (χ1v) is 9.52. The van der Waals surface area contributed by atoms with E-state index in [0.29, 0.717) is 12.2 Å². The molecule has 3 unspecified atom stereocenters. The standard InChI is InChI=1S/C20H27N3O/c1-11-4-12-6-20(7-13(12)5-11)14-10-21-23-18(14)22-15-8-19(2,3)9-16(24)17(15)20/h10-13,18,22H,4-9H2,1-3H3/t11?,12-,13+,18?,20?. The summed E-state index contributed by atoms with van der Waals surface area (Å²) in [7, 11) is 0. The summed E-state index contributed by atoms with van der Waals surface area (Å²) >= 11 is 0. The van der Waals surface area contributed by atoms with Gasteiger partial charge in [-0.2, -0.15) is 10.2 Å². The Labute approximate surface area is 143 Å². The molecule has 0 aromatic heterocycles. The second kappa shape index (κ2) is 4.59. The Morgan fingerprint density at radius 3 is 2.58 bits per heavy atom. The third-order valence-corrected chi connectivity index (χ3v) is 7.19. The zero-order valence-electron chi connectivity index (χ0n) is 14.9. The molecular formula is C20H27N3O. The molecule has 5 rings (SSSR count). The van der Waals surface area contributed by atoms with Gasteiger partial charge < -0.3 is 5.32 Å². The molecule has 0 aromatic rings. The van der Waals surface area contributed by atoms with Crippen LogP contribution in [-0.4, -0.2) is 11.9 Å². The number of azo groups is 1. The van der Waals surface area contributed by atoms with E-state index in [1.807, 2.05) is 6.20 Å². The van der Waals surface area contributed by atoms with E-state index < -0.39 is 0 Å². The number of allylic oxidation sites excluding steroid dienone is 2. The number of carbonyl (C=O) groups excluding carboxylic acids is 1. The largest absolute Gasteiger partial charge is 0.362 e. The van der Waals surface area contributed by atoms with Crippen LogP contribution >= 0.6 is 0 Å². The van der Waals surface area contributed by atoms with Crippen molar-refractivity contribution in [1.82, 2.24) is 5.32 Å². The molecule has 0 aromatic carbocycles. The van der Waals surface area contributed by atoms with E-state index in [-0.39, 0.29) is 17.0 Å². The smallest absolute Gasteiger partial charge is 0.164 e. The van der Waals surface area contributed by atoms with Crippen molar-refractivity contribution in [3.05, 3.63) is 23.0 Å². The number of carbonyl (C=O) groups is 1. The van der Waals surface area contributed by atoms with Gasteiger partial charge in [0.05, 0.1) is 6.20 Å². The number of rotatable bonds is 0. The van der Waals surface area contributed by atoms with Crippen LogP contribution < -0.4 is 5.32 Å². The van der Waals surface area contributed by atoms with Gasteiger partial charge in [0.25, 0.3) is 0 Å². The van der Waals surface area contributed by atoms with Crippen LogP contribution in [0.5, 0.6) is 0 Å². The van der Waals surface area contributed by atoms with Gasteiger partial charge in [-0.25, -0.2) is 0 Å². The Morgan fingerprint density at radius 2 is 1.88 bits per heavy atom. The maximum Gasteiger partial charge on any atom is 0.164 e. The van der Waals surface area contributed by atoms with Crippen LogP contribution in [0.25, 0.3) is 0 Å². The van der Waals surface area contributed by atoms with Crippen LogP contribution in [0.3, 0.4) is 0 Å². The molecule has 3 aliphatic carbocycles. The Morgan fingerprint density at radius 1 is 1.17 bits per heavy atom. The molecule has 0 saturated heterocycles. The molecule has 5 aliphatic rings. The van der Waals surface area contributed by atoms with Crippen molar-refractivity contribution in [2.24, 2.45) is 38.8 Å². The van der Waals surface area contributed by atoms with Gasteiger partial charge in [-0.05, 0) is 55.3 Å². The van der Waals surface area contributed by atoms with Gasteiger partial charge in [-0.15, -0.1) is 0 Å². The molecular weight excluding hydrogens is 298 g/mol. The fourth-order valence-electron chi connectivity index (χ4n) is 6.53. The lowest BCUT2D eigenvalue weighted by Gasteiger charge is -2.46. The second-order valence-electron chi connectivity index (χ2n) is 9.74. The molecule has 5 atom stereocenters. The van der Waals surface area contributed by atoms with Gasteiger partial charge in [-0.1, -0.05) is 20.8 Å². The summed E-state index contributed by atoms with van der Waals surface area (Å²) in [4.78, 5) is 13.2. The van der Waals surface area contributed by atoms with E-state index in [2.05, 4.69) is 36.3 Å². The molecule has 0 bridgehead atoms. The Kier molecular flexibility index (Phi) is 2.84. The normalized spacial score (nSPS) is 45.1. The predicted molar refractivity (Wildman–Crippen MR) is 92.0 cm³/mol. The van der Waals surface area contributed by atoms with Crippen LogP contribution in [0.4, 0.5) is 0 Å². The maximum atomic E-state index is 13.2. The van der Waals surface area contributed by atoms with Gasteiger partial charge in [0.1, 0.15) is 0 Å². The average molecular weight is 325 g/mol. The lowest BCUT2D eigenvalue weighted by molar-refractivity contribution is -0.119. The van der Waals surface area contributed by atoms with Gasteiger partial charge in [0.2, 0.25) is 0 Å². The molecule has 1 spiro atoms. The molecule has 0 radical (unpaired) electrons. The van der Waals surface area contributed by atoms with E-state index in [1.165, 1.54) is 24.1 Å². The Bertz CT molecular complexity index is 700. The van der Waals surface area contributed by atoms with E-state index in [1.54, 1.807) is 0 Å². The molecule has 1 N–H and O–H groups in total. The van der Waals surface area contributed by atoms with Gasteiger partial charge in [0, 0.05) is 28.7 Å². The van der Waals surface area contributed by atoms with E-state index in [4.69, 9.17) is 0 Å². The highest BCUT2D eigenvalue weighted by Crippen LogP contribution is 2.64. The fourth-order valence-corrected chi connectivity index (χ4v) is 6.53. The summed E-state index contributed by atoms with van der Waals surface area (Å²) in [5.41, 5.74) is 3.53. The average Bonchev–Trinajstić information content (AvgIpc) is 3.10. The highest BCUT2D eigenvalue weighted by atomic mass is 16.1. The molecule has 2 heterocycles. The van der Waals surface area contributed by atoms with Crippen molar-refractivity contribution >= 4 is 5.78 Å². The molecule has 4 heteroatoms. The zero-order valence-corrected chi connectivity index (χ0v) is 14.9. The van der Waals surface area contributed by atoms with Crippen LogP contribution in [0.2, 0.25) is 0 Å². The number of nitrogens with one attached hydrogen (secondary N) is 1. The Hall–Kier alpha value is -1.45. The minimum Gasteiger partial charge on any atom is -0.362 e. The van der Waals surface area contributed by atoms with Crippen LogP contribution in [-0.2, 0) is 4.79 Å². The third kappa shape index (κ3) is 1.89. The van der Waals surface area contributed by atoms with Crippen molar-refractivity contribution in [1.29, 1.82) is 0 Å². The number of nitrogens with zero attached hydrogens (tertiary/aromatic N) is 2. The molecule has 2 saturated carbocycles. The quantitative estimate of drug-likeness (QED) is 0.720. The summed E-state index contributed by atoms with van der Waals surface area (Å²) in [6.45, 7) is 6.79. The number of fused-ring (bicyclic) bond motifs is 4. The van der Waals surface area contributed by atoms with Crippen LogP contribution in [0, 0.1) is 28.6 Å². The van der Waals surface area contributed by atoms with E-state index in [9.17, 15) is 4.79 Å². The number of Topliss-reactive ketones (excluding diaryl/α,β-unsaturated/α-hetero) is 1. The van der Waals surface area contributed by atoms with Crippen molar-refractivity contribution in [3.63, 3.8) is 0 Å². The highest BCUT2D eigenvalue weighted by molar-refractivity contribution is 6.00. The van der Waals surface area contributed by atoms with Gasteiger partial charge in [-0.3, -0.25) is 4.79 Å². The Balaban J connectivity index is 1.63. The molecule has 2 aliphatic heterocycles. The summed E-state index contributed by atoms with van der Waals surface area (Å²) in [5.74, 6) is 2.76. The van der Waals surface area contributed by atoms with Gasteiger partial charge in [0.15, 0.2) is 11.9 Å². The molecule has 4 nitrogen and oxygen atoms in total. The van der Waals surface area contributed by atoms with Crippen LogP contribution in [0.15, 0.2) is 33.3 Å². The number of hydrogen-bond donors (Lipinski definition) is 1. The molecule has 24 heavy (non-hydrogen) atoms. The molecule has 2 fully saturated rings. The summed E-state index contributed by atoms with van der Waals surface area (Å²) < 4.78 is 0. The minimum absolute atomic E-state index is 0.0262. The maximum absolute atomic E-state index is 13.2. The first-order chi connectivity index (χ1) is 11.4.